The van der Waals surface area contributed by atoms with Crippen LogP contribution < -0.4 is 9.47 Å². The molecule has 3 aromatic rings. The van der Waals surface area contributed by atoms with Crippen molar-refractivity contribution < 1.29 is 33.3 Å². The fourth-order valence-electron chi connectivity index (χ4n) is 3.22. The first-order chi connectivity index (χ1) is 17.0. The molecule has 0 aliphatic heterocycles. The average molecular weight is 475 g/mol. The number of carbonyl (C=O) groups is 3. The van der Waals surface area contributed by atoms with Gasteiger partial charge in [-0.15, -0.1) is 0 Å². The molecular weight excluding hydrogens is 448 g/mol. The Bertz CT molecular complexity index is 1160. The van der Waals surface area contributed by atoms with Crippen molar-refractivity contribution in [3.05, 3.63) is 108 Å². The summed E-state index contributed by atoms with van der Waals surface area (Å²) in [7, 11) is 1.50. The molecule has 180 valence electrons. The Morgan fingerprint density at radius 2 is 1.54 bits per heavy atom. The van der Waals surface area contributed by atoms with Crippen molar-refractivity contribution in [1.82, 2.24) is 0 Å². The van der Waals surface area contributed by atoms with Crippen molar-refractivity contribution in [3.63, 3.8) is 0 Å². The number of ether oxygens (including phenoxy) is 4. The molecule has 0 aromatic heterocycles. The molecule has 35 heavy (non-hydrogen) atoms. The van der Waals surface area contributed by atoms with Crippen LogP contribution in [0, 0.1) is 0 Å². The molecule has 0 N–H and O–H groups in total. The summed E-state index contributed by atoms with van der Waals surface area (Å²) in [5.41, 5.74) is 1.03. The number of rotatable bonds is 12. The van der Waals surface area contributed by atoms with Crippen molar-refractivity contribution in [1.29, 1.82) is 0 Å². The smallest absolute Gasteiger partial charge is 0.339 e. The summed E-state index contributed by atoms with van der Waals surface area (Å²) in [6, 6.07) is 21.9. The van der Waals surface area contributed by atoms with E-state index in [1.54, 1.807) is 78.9 Å². The summed E-state index contributed by atoms with van der Waals surface area (Å²) >= 11 is 0. The highest BCUT2D eigenvalue weighted by atomic mass is 16.6. The van der Waals surface area contributed by atoms with Gasteiger partial charge >= 0.3 is 11.9 Å². The largest absolute Gasteiger partial charge is 0.497 e. The van der Waals surface area contributed by atoms with Crippen molar-refractivity contribution in [2.75, 3.05) is 20.3 Å². The van der Waals surface area contributed by atoms with Gasteiger partial charge in [0.25, 0.3) is 0 Å². The zero-order chi connectivity index (χ0) is 25.0. The molecular formula is C28H26O7. The second kappa shape index (κ2) is 12.7. The van der Waals surface area contributed by atoms with Gasteiger partial charge in [0.2, 0.25) is 5.78 Å². The Labute approximate surface area is 203 Å². The van der Waals surface area contributed by atoms with Crippen molar-refractivity contribution in [2.45, 2.75) is 12.5 Å². The van der Waals surface area contributed by atoms with Gasteiger partial charge in [0.05, 0.1) is 25.9 Å². The molecule has 0 saturated carbocycles. The van der Waals surface area contributed by atoms with E-state index in [-0.39, 0.29) is 13.2 Å². The van der Waals surface area contributed by atoms with Crippen LogP contribution in [-0.2, 0) is 14.3 Å². The fraction of sp³-hybridized carbons (Fsp3) is 0.179. The summed E-state index contributed by atoms with van der Waals surface area (Å²) in [4.78, 5) is 37.6. The minimum absolute atomic E-state index is 0.145. The van der Waals surface area contributed by atoms with E-state index in [1.807, 2.05) is 0 Å². The molecule has 0 heterocycles. The lowest BCUT2D eigenvalue weighted by Gasteiger charge is -2.21. The third kappa shape index (κ3) is 7.04. The van der Waals surface area contributed by atoms with Crippen molar-refractivity contribution in [3.8, 4) is 11.5 Å². The van der Waals surface area contributed by atoms with Crippen LogP contribution in [0.2, 0.25) is 0 Å². The number of methoxy groups -OCH3 is 1. The van der Waals surface area contributed by atoms with Gasteiger partial charge in [-0.2, -0.15) is 0 Å². The number of carbonyl (C=O) groups excluding carboxylic acids is 3. The molecule has 0 saturated heterocycles. The summed E-state index contributed by atoms with van der Waals surface area (Å²) in [6.45, 7) is 3.69. The highest BCUT2D eigenvalue weighted by Gasteiger charge is 2.30. The number of esters is 2. The second-order valence-corrected chi connectivity index (χ2v) is 7.36. The van der Waals surface area contributed by atoms with Gasteiger partial charge in [-0.3, -0.25) is 4.79 Å². The van der Waals surface area contributed by atoms with Gasteiger partial charge in [-0.1, -0.05) is 55.1 Å². The van der Waals surface area contributed by atoms with Gasteiger partial charge in [-0.05, 0) is 30.3 Å². The second-order valence-electron chi connectivity index (χ2n) is 7.36. The van der Waals surface area contributed by atoms with Crippen LogP contribution in [0.25, 0.3) is 0 Å². The number of Topliss-reactive ketones (excluding diaryl/α,β-unsaturated/α-hetero) is 1. The molecule has 7 heteroatoms. The van der Waals surface area contributed by atoms with Gasteiger partial charge in [0.15, 0.2) is 6.10 Å². The Morgan fingerprint density at radius 3 is 2.17 bits per heavy atom. The Balaban J connectivity index is 1.91. The number of hydrogen-bond acceptors (Lipinski definition) is 7. The molecule has 1 atom stereocenters. The molecule has 0 amide bonds. The van der Waals surface area contributed by atoms with Crippen molar-refractivity contribution in [2.24, 2.45) is 0 Å². The van der Waals surface area contributed by atoms with E-state index in [2.05, 4.69) is 6.58 Å². The molecule has 0 bridgehead atoms. The average Bonchev–Trinajstić information content (AvgIpc) is 2.92. The predicted molar refractivity (Wildman–Crippen MR) is 130 cm³/mol. The van der Waals surface area contributed by atoms with Crippen LogP contribution in [0.5, 0.6) is 11.5 Å². The van der Waals surface area contributed by atoms with Crippen LogP contribution in [0.4, 0.5) is 0 Å². The van der Waals surface area contributed by atoms with Gasteiger partial charge < -0.3 is 18.9 Å². The highest BCUT2D eigenvalue weighted by Crippen LogP contribution is 2.34. The summed E-state index contributed by atoms with van der Waals surface area (Å²) in [5, 5.41) is 0. The SMILES string of the molecule is C=CC(=O)OCCCOc1ccc(OC)cc1C(OC(=O)c1ccccc1)C(=O)c1ccccc1. The molecule has 0 spiro atoms. The monoisotopic (exact) mass is 474 g/mol. The van der Waals surface area contributed by atoms with E-state index in [1.165, 1.54) is 7.11 Å². The highest BCUT2D eigenvalue weighted by molar-refractivity contribution is 6.02. The third-order valence-electron chi connectivity index (χ3n) is 4.99. The maximum atomic E-state index is 13.5. The Morgan fingerprint density at radius 1 is 0.886 bits per heavy atom. The first kappa shape index (κ1) is 25.2. The zero-order valence-electron chi connectivity index (χ0n) is 19.3. The third-order valence-corrected chi connectivity index (χ3v) is 4.99. The van der Waals surface area contributed by atoms with Gasteiger partial charge in [-0.25, -0.2) is 9.59 Å². The molecule has 1 unspecified atom stereocenters. The molecule has 7 nitrogen and oxygen atoms in total. The van der Waals surface area contributed by atoms with Gasteiger partial charge in [0, 0.05) is 23.6 Å². The molecule has 0 fully saturated rings. The van der Waals surface area contributed by atoms with E-state index >= 15 is 0 Å². The maximum Gasteiger partial charge on any atom is 0.339 e. The van der Waals surface area contributed by atoms with E-state index in [9.17, 15) is 14.4 Å². The molecule has 3 rings (SSSR count). The lowest BCUT2D eigenvalue weighted by atomic mass is 9.98. The normalized spacial score (nSPS) is 11.1. The quantitative estimate of drug-likeness (QED) is 0.158. The fourth-order valence-corrected chi connectivity index (χ4v) is 3.22. The number of hydrogen-bond donors (Lipinski definition) is 0. The van der Waals surface area contributed by atoms with Crippen LogP contribution in [0.15, 0.2) is 91.5 Å². The van der Waals surface area contributed by atoms with Crippen LogP contribution in [0.3, 0.4) is 0 Å². The van der Waals surface area contributed by atoms with Crippen LogP contribution >= 0.6 is 0 Å². The number of benzene rings is 3. The molecule has 0 aliphatic rings. The summed E-state index contributed by atoms with van der Waals surface area (Å²) in [6.07, 6.45) is 0.212. The van der Waals surface area contributed by atoms with E-state index in [0.717, 1.165) is 6.08 Å². The number of ketones is 1. The standard InChI is InChI=1S/C28H26O7/c1-3-25(29)34-18-10-17-33-24-16-15-22(32-2)19-23(24)27(26(30)20-11-6-4-7-12-20)35-28(31)21-13-8-5-9-14-21/h3-9,11-16,19,27H,1,10,17-18H2,2H3. The molecule has 3 aromatic carbocycles. The molecule has 0 radical (unpaired) electrons. The first-order valence-corrected chi connectivity index (χ1v) is 11.0. The van der Waals surface area contributed by atoms with Crippen LogP contribution in [0.1, 0.15) is 38.8 Å². The van der Waals surface area contributed by atoms with E-state index < -0.39 is 23.8 Å². The first-order valence-electron chi connectivity index (χ1n) is 11.0. The summed E-state index contributed by atoms with van der Waals surface area (Å²) in [5.74, 6) is -0.765. The van der Waals surface area contributed by atoms with E-state index in [4.69, 9.17) is 18.9 Å². The molecule has 0 aliphatic carbocycles. The Hall–Kier alpha value is -4.39. The van der Waals surface area contributed by atoms with E-state index in [0.29, 0.717) is 34.6 Å². The minimum atomic E-state index is -1.28. The lowest BCUT2D eigenvalue weighted by Crippen LogP contribution is -2.21. The Kier molecular flexibility index (Phi) is 9.19. The predicted octanol–water partition coefficient (Wildman–Crippen LogP) is 4.97. The van der Waals surface area contributed by atoms with Crippen molar-refractivity contribution >= 4 is 17.7 Å². The topological polar surface area (TPSA) is 88.1 Å². The minimum Gasteiger partial charge on any atom is -0.497 e. The zero-order valence-corrected chi connectivity index (χ0v) is 19.3. The van der Waals surface area contributed by atoms with Crippen LogP contribution in [-0.4, -0.2) is 38.0 Å². The maximum absolute atomic E-state index is 13.5. The summed E-state index contributed by atoms with van der Waals surface area (Å²) < 4.78 is 21.9. The van der Waals surface area contributed by atoms with Gasteiger partial charge in [0.1, 0.15) is 11.5 Å². The lowest BCUT2D eigenvalue weighted by molar-refractivity contribution is -0.137.